The molecule has 1 nitrogen and oxygen atoms in total. The Labute approximate surface area is 93.6 Å². The van der Waals surface area contributed by atoms with E-state index in [2.05, 4.69) is 6.58 Å². The van der Waals surface area contributed by atoms with Crippen LogP contribution in [0.5, 0.6) is 0 Å². The van der Waals surface area contributed by atoms with E-state index in [4.69, 9.17) is 11.6 Å². The topological polar surface area (TPSA) is 17.1 Å². The summed E-state index contributed by atoms with van der Waals surface area (Å²) in [5.74, 6) is -0.374. The molecule has 0 N–H and O–H groups in total. The van der Waals surface area contributed by atoms with Gasteiger partial charge in [-0.3, -0.25) is 4.79 Å². The van der Waals surface area contributed by atoms with Gasteiger partial charge in [-0.2, -0.15) is 0 Å². The van der Waals surface area contributed by atoms with Crippen molar-refractivity contribution >= 4 is 16.8 Å². The van der Waals surface area contributed by atoms with E-state index in [0.29, 0.717) is 12.0 Å². The average molecular weight is 227 g/mol. The summed E-state index contributed by atoms with van der Waals surface area (Å²) >= 11 is 5.54. The lowest BCUT2D eigenvalue weighted by Crippen LogP contribution is -2.28. The van der Waals surface area contributed by atoms with Gasteiger partial charge in [0.1, 0.15) is 5.82 Å². The number of hydrogen-bond acceptors (Lipinski definition) is 1. The maximum Gasteiger partial charge on any atom is 0.232 e. The Morgan fingerprint density at radius 3 is 2.80 bits per heavy atom. The molecule has 0 bridgehead atoms. The summed E-state index contributed by atoms with van der Waals surface area (Å²) in [6.07, 6.45) is 1.99. The van der Waals surface area contributed by atoms with Crippen molar-refractivity contribution in [2.75, 3.05) is 0 Å². The predicted octanol–water partition coefficient (Wildman–Crippen LogP) is 3.42. The van der Waals surface area contributed by atoms with Gasteiger partial charge < -0.3 is 0 Å². The zero-order valence-electron chi connectivity index (χ0n) is 8.47. The second-order valence-corrected chi connectivity index (χ2v) is 3.95. The van der Waals surface area contributed by atoms with Crippen LogP contribution in [-0.4, -0.2) is 5.24 Å². The van der Waals surface area contributed by atoms with Crippen molar-refractivity contribution in [2.24, 2.45) is 0 Å². The van der Waals surface area contributed by atoms with Crippen molar-refractivity contribution < 1.29 is 9.18 Å². The minimum absolute atomic E-state index is 0.374. The number of carbonyl (C=O) groups is 1. The van der Waals surface area contributed by atoms with E-state index in [1.54, 1.807) is 25.1 Å². The third-order valence-corrected chi connectivity index (χ3v) is 2.87. The van der Waals surface area contributed by atoms with E-state index in [9.17, 15) is 9.18 Å². The normalized spacial score (nSPS) is 14.3. The van der Waals surface area contributed by atoms with E-state index in [0.717, 1.165) is 0 Å². The van der Waals surface area contributed by atoms with Gasteiger partial charge in [0.25, 0.3) is 0 Å². The summed E-state index contributed by atoms with van der Waals surface area (Å²) in [4.78, 5) is 11.4. The number of hydrogen-bond donors (Lipinski definition) is 0. The van der Waals surface area contributed by atoms with E-state index >= 15 is 0 Å². The molecule has 1 aromatic rings. The van der Waals surface area contributed by atoms with Gasteiger partial charge in [0.05, 0.1) is 5.41 Å². The molecule has 15 heavy (non-hydrogen) atoms. The lowest BCUT2D eigenvalue weighted by Gasteiger charge is -2.24. The number of carbonyl (C=O) groups excluding carboxylic acids is 1. The van der Waals surface area contributed by atoms with E-state index in [-0.39, 0.29) is 5.82 Å². The monoisotopic (exact) mass is 226 g/mol. The van der Waals surface area contributed by atoms with Crippen LogP contribution in [0.25, 0.3) is 0 Å². The minimum Gasteiger partial charge on any atom is -0.280 e. The lowest BCUT2D eigenvalue weighted by molar-refractivity contribution is -0.116. The van der Waals surface area contributed by atoms with Crippen molar-refractivity contribution in [1.82, 2.24) is 0 Å². The zero-order valence-corrected chi connectivity index (χ0v) is 9.22. The van der Waals surface area contributed by atoms with Crippen molar-refractivity contribution in [3.63, 3.8) is 0 Å². The first-order valence-electron chi connectivity index (χ1n) is 4.57. The largest absolute Gasteiger partial charge is 0.280 e. The van der Waals surface area contributed by atoms with Crippen LogP contribution in [0.2, 0.25) is 0 Å². The number of benzene rings is 1. The SMILES string of the molecule is C=CCC(C)(C(=O)Cl)c1cccc(F)c1. The molecular formula is C12H12ClFO. The Morgan fingerprint density at radius 1 is 1.67 bits per heavy atom. The number of rotatable bonds is 4. The van der Waals surface area contributed by atoms with Gasteiger partial charge in [0, 0.05) is 0 Å². The Hall–Kier alpha value is -1.15. The van der Waals surface area contributed by atoms with Gasteiger partial charge in [-0.25, -0.2) is 4.39 Å². The van der Waals surface area contributed by atoms with Crippen LogP contribution in [-0.2, 0) is 10.2 Å². The van der Waals surface area contributed by atoms with Crippen LogP contribution in [0.1, 0.15) is 18.9 Å². The molecule has 0 saturated carbocycles. The van der Waals surface area contributed by atoms with Crippen LogP contribution in [0, 0.1) is 5.82 Å². The number of halogens is 2. The second kappa shape index (κ2) is 4.58. The van der Waals surface area contributed by atoms with E-state index in [1.165, 1.54) is 12.1 Å². The number of allylic oxidation sites excluding steroid dienone is 1. The zero-order chi connectivity index (χ0) is 11.5. The molecule has 80 valence electrons. The molecular weight excluding hydrogens is 215 g/mol. The van der Waals surface area contributed by atoms with Gasteiger partial charge >= 0.3 is 0 Å². The molecule has 0 aromatic heterocycles. The third-order valence-electron chi connectivity index (χ3n) is 2.45. The fraction of sp³-hybridized carbons (Fsp3) is 0.250. The molecule has 0 aliphatic heterocycles. The molecule has 0 aliphatic carbocycles. The Kier molecular flexibility index (Phi) is 3.64. The van der Waals surface area contributed by atoms with Crippen molar-refractivity contribution in [1.29, 1.82) is 0 Å². The average Bonchev–Trinajstić information content (AvgIpc) is 2.17. The minimum atomic E-state index is -0.897. The Bertz CT molecular complexity index is 389. The van der Waals surface area contributed by atoms with Crippen LogP contribution < -0.4 is 0 Å². The summed E-state index contributed by atoms with van der Waals surface area (Å²) in [5.41, 5.74) is -0.326. The standard InChI is InChI=1S/C12H12ClFO/c1-3-7-12(2,11(13)15)9-5-4-6-10(14)8-9/h3-6,8H,1,7H2,2H3. The van der Waals surface area contributed by atoms with Gasteiger partial charge in [0.2, 0.25) is 5.24 Å². The lowest BCUT2D eigenvalue weighted by atomic mass is 9.81. The smallest absolute Gasteiger partial charge is 0.232 e. The van der Waals surface area contributed by atoms with Crippen molar-refractivity contribution in [3.8, 4) is 0 Å². The van der Waals surface area contributed by atoms with Gasteiger partial charge in [-0.15, -0.1) is 6.58 Å². The molecule has 0 heterocycles. The third kappa shape index (κ3) is 2.45. The van der Waals surface area contributed by atoms with Gasteiger partial charge in [-0.1, -0.05) is 18.2 Å². The molecule has 3 heteroatoms. The molecule has 0 aliphatic rings. The highest BCUT2D eigenvalue weighted by atomic mass is 35.5. The highest BCUT2D eigenvalue weighted by Crippen LogP contribution is 2.30. The van der Waals surface area contributed by atoms with Crippen LogP contribution in [0.4, 0.5) is 4.39 Å². The first-order valence-corrected chi connectivity index (χ1v) is 4.95. The van der Waals surface area contributed by atoms with Gasteiger partial charge in [0.15, 0.2) is 0 Å². The second-order valence-electron chi connectivity index (χ2n) is 3.61. The molecule has 1 atom stereocenters. The summed E-state index contributed by atoms with van der Waals surface area (Å²) in [5, 5.41) is -0.506. The molecule has 0 radical (unpaired) electrons. The molecule has 0 amide bonds. The molecule has 0 saturated heterocycles. The first kappa shape index (κ1) is 11.9. The summed E-state index contributed by atoms with van der Waals surface area (Å²) in [6.45, 7) is 5.25. The summed E-state index contributed by atoms with van der Waals surface area (Å²) in [7, 11) is 0. The van der Waals surface area contributed by atoms with Crippen LogP contribution >= 0.6 is 11.6 Å². The van der Waals surface area contributed by atoms with Crippen LogP contribution in [0.15, 0.2) is 36.9 Å². The highest BCUT2D eigenvalue weighted by Gasteiger charge is 2.32. The molecule has 0 spiro atoms. The van der Waals surface area contributed by atoms with Gasteiger partial charge in [-0.05, 0) is 42.6 Å². The van der Waals surface area contributed by atoms with E-state index in [1.807, 2.05) is 0 Å². The summed E-state index contributed by atoms with van der Waals surface area (Å²) in [6, 6.07) is 5.90. The maximum atomic E-state index is 13.0. The molecule has 0 fully saturated rings. The van der Waals surface area contributed by atoms with Crippen molar-refractivity contribution in [2.45, 2.75) is 18.8 Å². The quantitative estimate of drug-likeness (QED) is 0.568. The Morgan fingerprint density at radius 2 is 2.33 bits per heavy atom. The summed E-state index contributed by atoms with van der Waals surface area (Å²) < 4.78 is 13.0. The first-order chi connectivity index (χ1) is 7.00. The molecule has 1 unspecified atom stereocenters. The molecule has 1 rings (SSSR count). The molecule has 1 aromatic carbocycles. The van der Waals surface area contributed by atoms with E-state index < -0.39 is 10.7 Å². The Balaban J connectivity index is 3.20. The highest BCUT2D eigenvalue weighted by molar-refractivity contribution is 6.65. The maximum absolute atomic E-state index is 13.0. The fourth-order valence-electron chi connectivity index (χ4n) is 1.43. The van der Waals surface area contributed by atoms with Crippen molar-refractivity contribution in [3.05, 3.63) is 48.3 Å². The predicted molar refractivity (Wildman–Crippen MR) is 59.4 cm³/mol. The van der Waals surface area contributed by atoms with Crippen LogP contribution in [0.3, 0.4) is 0 Å². The fourth-order valence-corrected chi connectivity index (χ4v) is 1.62.